The first-order valence-corrected chi connectivity index (χ1v) is 14.3. The quantitative estimate of drug-likeness (QED) is 0.191. The van der Waals surface area contributed by atoms with Crippen molar-refractivity contribution in [1.82, 2.24) is 19.5 Å². The van der Waals surface area contributed by atoms with Crippen LogP contribution in [0.5, 0.6) is 6.01 Å². The molecule has 12 heteroatoms. The molecule has 0 unspecified atom stereocenters. The highest BCUT2D eigenvalue weighted by atomic mass is 19.1. The fourth-order valence-electron chi connectivity index (χ4n) is 6.21. The van der Waals surface area contributed by atoms with Gasteiger partial charge in [0.05, 0.1) is 35.5 Å². The molecule has 0 spiro atoms. The number of carboxylic acid groups (broad SMARTS) is 1. The molecule has 2 aromatic heterocycles. The van der Waals surface area contributed by atoms with Crippen LogP contribution in [0.4, 0.5) is 17.6 Å². The van der Waals surface area contributed by atoms with Gasteiger partial charge in [-0.2, -0.15) is 4.98 Å². The first kappa shape index (κ1) is 28.9. The van der Waals surface area contributed by atoms with E-state index in [0.29, 0.717) is 12.5 Å². The van der Waals surface area contributed by atoms with Gasteiger partial charge in [-0.3, -0.25) is 0 Å². The minimum Gasteiger partial charge on any atom is -0.478 e. The molecular formula is C33H26F4N4O4. The van der Waals surface area contributed by atoms with Gasteiger partial charge in [-0.1, -0.05) is 12.1 Å². The third-order valence-electron chi connectivity index (χ3n) is 8.49. The molecule has 8 nitrogen and oxygen atoms in total. The van der Waals surface area contributed by atoms with E-state index in [2.05, 4.69) is 15.0 Å². The normalized spacial score (nSPS) is 18.7. The molecule has 0 radical (unpaired) electrons. The second-order valence-electron chi connectivity index (χ2n) is 11.7. The summed E-state index contributed by atoms with van der Waals surface area (Å²) >= 11 is 0. The summed E-state index contributed by atoms with van der Waals surface area (Å²) in [5.74, 6) is -3.41. The maximum atomic E-state index is 15.6. The van der Waals surface area contributed by atoms with Crippen LogP contribution in [-0.2, 0) is 24.3 Å². The largest absolute Gasteiger partial charge is 0.478 e. The zero-order valence-electron chi connectivity index (χ0n) is 24.0. The number of carboxylic acids is 1. The highest BCUT2D eigenvalue weighted by Gasteiger charge is 2.52. The van der Waals surface area contributed by atoms with Crippen molar-refractivity contribution in [3.8, 4) is 17.3 Å². The number of imidazole rings is 1. The van der Waals surface area contributed by atoms with E-state index in [9.17, 15) is 14.3 Å². The third-order valence-corrected chi connectivity index (χ3v) is 8.49. The van der Waals surface area contributed by atoms with E-state index in [1.165, 1.54) is 24.4 Å². The lowest BCUT2D eigenvalue weighted by Crippen LogP contribution is -2.41. The van der Waals surface area contributed by atoms with Crippen LogP contribution in [0.15, 0.2) is 54.7 Å². The summed E-state index contributed by atoms with van der Waals surface area (Å²) in [5, 5.41) is 9.51. The first-order valence-electron chi connectivity index (χ1n) is 14.3. The van der Waals surface area contributed by atoms with Gasteiger partial charge < -0.3 is 19.1 Å². The van der Waals surface area contributed by atoms with E-state index in [4.69, 9.17) is 9.47 Å². The smallest absolute Gasteiger partial charge is 0.335 e. The summed E-state index contributed by atoms with van der Waals surface area (Å²) in [5.41, 5.74) is 0.363. The Labute approximate surface area is 254 Å². The van der Waals surface area contributed by atoms with Crippen LogP contribution in [-0.4, -0.2) is 42.8 Å². The average Bonchev–Trinajstić information content (AvgIpc) is 3.68. The van der Waals surface area contributed by atoms with Crippen molar-refractivity contribution in [2.45, 2.75) is 44.9 Å². The Morgan fingerprint density at radius 1 is 1.00 bits per heavy atom. The maximum absolute atomic E-state index is 15.6. The van der Waals surface area contributed by atoms with Crippen LogP contribution in [0.25, 0.3) is 22.3 Å². The van der Waals surface area contributed by atoms with Gasteiger partial charge in [0.15, 0.2) is 5.82 Å². The fraction of sp³-hybridized carbons (Fsp3) is 0.273. The fourth-order valence-corrected chi connectivity index (χ4v) is 6.21. The standard InChI is InChI=1S/C33H26F4N4O4/c1-17-2-3-19(23(34)6-17)15-44-32-38-5-4-27(39-32)22-11-24(35)20(7-25(22)36)10-29-40-30-26(37)8-21(31(42)43)9-28(30)41(29)16-33-12-18(13-33)14-45-33/h2-9,11,18H,10,12-16H2,1H3,(H,42,43). The first-order chi connectivity index (χ1) is 21.6. The van der Waals surface area contributed by atoms with Crippen molar-refractivity contribution < 1.29 is 36.9 Å². The number of rotatable bonds is 9. The van der Waals surface area contributed by atoms with E-state index in [-0.39, 0.29) is 70.4 Å². The van der Waals surface area contributed by atoms with E-state index >= 15 is 13.2 Å². The molecule has 0 atom stereocenters. The Kier molecular flexibility index (Phi) is 7.03. The van der Waals surface area contributed by atoms with Gasteiger partial charge in [0.2, 0.25) is 0 Å². The number of benzene rings is 3. The lowest BCUT2D eigenvalue weighted by atomic mass is 9.74. The van der Waals surface area contributed by atoms with Crippen LogP contribution in [0.2, 0.25) is 0 Å². The number of carbonyl (C=O) groups is 1. The monoisotopic (exact) mass is 618 g/mol. The molecule has 1 aliphatic carbocycles. The molecule has 230 valence electrons. The van der Waals surface area contributed by atoms with E-state index < -0.39 is 34.8 Å². The molecule has 2 bridgehead atoms. The molecule has 3 aliphatic rings. The summed E-state index contributed by atoms with van der Waals surface area (Å²) in [6, 6.07) is 10.2. The number of fused-ring (bicyclic) bond motifs is 2. The van der Waals surface area contributed by atoms with Gasteiger partial charge in [-0.25, -0.2) is 32.3 Å². The van der Waals surface area contributed by atoms with Crippen LogP contribution >= 0.6 is 0 Å². The molecule has 3 fully saturated rings. The van der Waals surface area contributed by atoms with Crippen LogP contribution < -0.4 is 4.74 Å². The summed E-state index contributed by atoms with van der Waals surface area (Å²) < 4.78 is 73.5. The molecule has 2 saturated heterocycles. The minimum atomic E-state index is -1.30. The zero-order valence-corrected chi connectivity index (χ0v) is 24.0. The molecule has 4 heterocycles. The van der Waals surface area contributed by atoms with E-state index in [1.54, 1.807) is 23.6 Å². The number of halogens is 4. The van der Waals surface area contributed by atoms with Crippen LogP contribution in [0.1, 0.15) is 45.7 Å². The van der Waals surface area contributed by atoms with Gasteiger partial charge >= 0.3 is 12.0 Å². The molecule has 45 heavy (non-hydrogen) atoms. The molecule has 0 amide bonds. The number of ether oxygens (including phenoxy) is 2. The van der Waals surface area contributed by atoms with E-state index in [1.807, 2.05) is 0 Å². The summed E-state index contributed by atoms with van der Waals surface area (Å²) in [4.78, 5) is 24.2. The number of hydrogen-bond acceptors (Lipinski definition) is 6. The number of nitrogens with zero attached hydrogens (tertiary/aromatic N) is 4. The summed E-state index contributed by atoms with van der Waals surface area (Å²) in [6.45, 7) is 2.49. The van der Waals surface area contributed by atoms with E-state index in [0.717, 1.165) is 36.6 Å². The highest BCUT2D eigenvalue weighted by Crippen LogP contribution is 2.49. The number of hydrogen-bond donors (Lipinski definition) is 1. The predicted molar refractivity (Wildman–Crippen MR) is 154 cm³/mol. The second kappa shape index (κ2) is 11.0. The Hall–Kier alpha value is -4.84. The topological polar surface area (TPSA) is 99.4 Å². The highest BCUT2D eigenvalue weighted by molar-refractivity contribution is 5.92. The maximum Gasteiger partial charge on any atom is 0.335 e. The van der Waals surface area contributed by atoms with Crippen molar-refractivity contribution in [2.75, 3.05) is 6.61 Å². The Bertz CT molecular complexity index is 1980. The molecule has 2 aliphatic heterocycles. The Morgan fingerprint density at radius 3 is 2.53 bits per heavy atom. The van der Waals surface area contributed by atoms with Crippen molar-refractivity contribution in [2.24, 2.45) is 5.92 Å². The summed E-state index contributed by atoms with van der Waals surface area (Å²) in [6.07, 6.45) is 2.73. The molecule has 5 aromatic rings. The van der Waals surface area contributed by atoms with Crippen molar-refractivity contribution >= 4 is 17.0 Å². The SMILES string of the molecule is Cc1ccc(COc2nccc(-c3cc(F)c(Cc4nc5c(F)cc(C(=O)O)cc5n4CC45CC(CO4)C5)cc3F)n2)c(F)c1. The lowest BCUT2D eigenvalue weighted by molar-refractivity contribution is -0.0132. The number of aromatic nitrogens is 4. The van der Waals surface area contributed by atoms with Crippen molar-refractivity contribution in [3.05, 3.63) is 106 Å². The van der Waals surface area contributed by atoms with Crippen LogP contribution in [0.3, 0.4) is 0 Å². The third kappa shape index (κ3) is 5.39. The van der Waals surface area contributed by atoms with Crippen molar-refractivity contribution in [3.63, 3.8) is 0 Å². The zero-order chi connectivity index (χ0) is 31.5. The minimum absolute atomic E-state index is 0.0385. The van der Waals surface area contributed by atoms with Gasteiger partial charge in [0, 0.05) is 23.7 Å². The van der Waals surface area contributed by atoms with Gasteiger partial charge in [0.25, 0.3) is 0 Å². The average molecular weight is 619 g/mol. The molecule has 1 saturated carbocycles. The Morgan fingerprint density at radius 2 is 1.80 bits per heavy atom. The molecule has 3 aromatic carbocycles. The van der Waals surface area contributed by atoms with Crippen LogP contribution in [0, 0.1) is 36.1 Å². The number of aryl methyl sites for hydroxylation is 1. The van der Waals surface area contributed by atoms with Gasteiger partial charge in [0.1, 0.15) is 35.4 Å². The van der Waals surface area contributed by atoms with Gasteiger partial charge in [-0.15, -0.1) is 0 Å². The lowest BCUT2D eigenvalue weighted by Gasteiger charge is -2.36. The number of aromatic carboxylic acids is 1. The predicted octanol–water partition coefficient (Wildman–Crippen LogP) is 6.41. The Balaban J connectivity index is 1.19. The molecular weight excluding hydrogens is 592 g/mol. The molecule has 1 N–H and O–H groups in total. The summed E-state index contributed by atoms with van der Waals surface area (Å²) in [7, 11) is 0. The second-order valence-corrected chi connectivity index (χ2v) is 11.7. The van der Waals surface area contributed by atoms with Crippen molar-refractivity contribution in [1.29, 1.82) is 0 Å². The molecule has 8 rings (SSSR count). The van der Waals surface area contributed by atoms with Gasteiger partial charge in [-0.05, 0) is 73.2 Å².